The van der Waals surface area contributed by atoms with Gasteiger partial charge in [0.1, 0.15) is 0 Å². The molecule has 6 heteroatoms. The van der Waals surface area contributed by atoms with Gasteiger partial charge in [-0.2, -0.15) is 4.98 Å². The first-order chi connectivity index (χ1) is 8.24. The highest BCUT2D eigenvalue weighted by Crippen LogP contribution is 2.18. The lowest BCUT2D eigenvalue weighted by atomic mass is 10.2. The predicted molar refractivity (Wildman–Crippen MR) is 71.5 cm³/mol. The fraction of sp³-hybridized carbons (Fsp3) is 0. The molecule has 0 fully saturated rings. The van der Waals surface area contributed by atoms with Crippen LogP contribution in [0.15, 0.2) is 35.8 Å². The number of anilines is 1. The van der Waals surface area contributed by atoms with Crippen LogP contribution in [0.25, 0.3) is 16.3 Å². The van der Waals surface area contributed by atoms with Gasteiger partial charge < -0.3 is 5.73 Å². The summed E-state index contributed by atoms with van der Waals surface area (Å²) >= 11 is 6.75. The molecular formula is C11H8N4S2. The van der Waals surface area contributed by atoms with Crippen molar-refractivity contribution < 1.29 is 0 Å². The van der Waals surface area contributed by atoms with Crippen molar-refractivity contribution in [1.82, 2.24) is 14.4 Å². The van der Waals surface area contributed by atoms with Gasteiger partial charge in [0, 0.05) is 22.8 Å². The summed E-state index contributed by atoms with van der Waals surface area (Å²) < 4.78 is 2.31. The van der Waals surface area contributed by atoms with E-state index in [1.165, 1.54) is 11.3 Å². The molecule has 0 bridgehead atoms. The van der Waals surface area contributed by atoms with E-state index in [1.807, 2.05) is 35.8 Å². The van der Waals surface area contributed by atoms with Gasteiger partial charge in [-0.1, -0.05) is 0 Å². The fourth-order valence-corrected chi connectivity index (χ4v) is 2.52. The van der Waals surface area contributed by atoms with Crippen molar-refractivity contribution in [3.63, 3.8) is 0 Å². The molecule has 0 aliphatic rings. The second-order valence-corrected chi connectivity index (χ2v) is 4.75. The van der Waals surface area contributed by atoms with E-state index in [1.54, 1.807) is 4.40 Å². The number of hydrogen-bond donors (Lipinski definition) is 1. The predicted octanol–water partition coefficient (Wildman–Crippen LogP) is 2.77. The zero-order valence-corrected chi connectivity index (χ0v) is 10.3. The van der Waals surface area contributed by atoms with Gasteiger partial charge in [-0.3, -0.25) is 4.40 Å². The maximum atomic E-state index is 5.65. The molecule has 4 nitrogen and oxygen atoms in total. The molecule has 2 aromatic heterocycles. The number of rotatable bonds is 1. The van der Waals surface area contributed by atoms with Crippen LogP contribution in [-0.4, -0.2) is 14.4 Å². The summed E-state index contributed by atoms with van der Waals surface area (Å²) in [5.41, 5.74) is 7.28. The van der Waals surface area contributed by atoms with Gasteiger partial charge in [-0.15, -0.1) is 11.3 Å². The van der Waals surface area contributed by atoms with E-state index in [2.05, 4.69) is 9.97 Å². The lowest BCUT2D eigenvalue weighted by Gasteiger charge is -2.01. The molecule has 0 unspecified atom stereocenters. The molecule has 0 spiro atoms. The molecule has 0 amide bonds. The first kappa shape index (κ1) is 10.4. The highest BCUT2D eigenvalue weighted by molar-refractivity contribution is 7.71. The Labute approximate surface area is 106 Å². The third kappa shape index (κ3) is 1.81. The van der Waals surface area contributed by atoms with Crippen LogP contribution in [0.2, 0.25) is 0 Å². The second kappa shape index (κ2) is 3.90. The van der Waals surface area contributed by atoms with Crippen LogP contribution < -0.4 is 5.73 Å². The first-order valence-electron chi connectivity index (χ1n) is 4.94. The molecule has 84 valence electrons. The van der Waals surface area contributed by atoms with E-state index in [-0.39, 0.29) is 0 Å². The van der Waals surface area contributed by atoms with Crippen LogP contribution >= 0.6 is 23.6 Å². The quantitative estimate of drug-likeness (QED) is 0.540. The Morgan fingerprint density at radius 1 is 1.18 bits per heavy atom. The van der Waals surface area contributed by atoms with Crippen LogP contribution in [0.1, 0.15) is 0 Å². The molecule has 0 atom stereocenters. The minimum Gasteiger partial charge on any atom is -0.399 e. The van der Waals surface area contributed by atoms with Crippen molar-refractivity contribution in [1.29, 1.82) is 0 Å². The molecule has 2 heterocycles. The highest BCUT2D eigenvalue weighted by Gasteiger charge is 2.04. The summed E-state index contributed by atoms with van der Waals surface area (Å²) in [6.45, 7) is 0. The molecule has 0 aliphatic heterocycles. The first-order valence-corrected chi connectivity index (χ1v) is 6.23. The standard InChI is InChI=1S/C11H8N4S2/c12-8-3-1-7(2-4-8)9-13-10(16)15-5-6-17-11(15)14-9/h1-6H,12H2. The third-order valence-corrected chi connectivity index (χ3v) is 3.41. The second-order valence-electron chi connectivity index (χ2n) is 3.51. The lowest BCUT2D eigenvalue weighted by Crippen LogP contribution is -1.96. The van der Waals surface area contributed by atoms with Gasteiger partial charge in [0.25, 0.3) is 0 Å². The van der Waals surface area contributed by atoms with Crippen molar-refractivity contribution >= 4 is 34.2 Å². The average molecular weight is 260 g/mol. The van der Waals surface area contributed by atoms with Gasteiger partial charge in [0.05, 0.1) is 0 Å². The van der Waals surface area contributed by atoms with Gasteiger partial charge in [-0.05, 0) is 36.5 Å². The summed E-state index contributed by atoms with van der Waals surface area (Å²) in [6.07, 6.45) is 1.87. The number of thiazole rings is 1. The van der Waals surface area contributed by atoms with E-state index in [0.29, 0.717) is 10.6 Å². The van der Waals surface area contributed by atoms with Gasteiger partial charge in [0.15, 0.2) is 10.8 Å². The van der Waals surface area contributed by atoms with E-state index in [4.69, 9.17) is 18.0 Å². The smallest absolute Gasteiger partial charge is 0.208 e. The number of aromatic nitrogens is 3. The zero-order chi connectivity index (χ0) is 11.8. The molecule has 3 aromatic rings. The van der Waals surface area contributed by atoms with Gasteiger partial charge >= 0.3 is 0 Å². The number of nitrogen functional groups attached to an aromatic ring is 1. The highest BCUT2D eigenvalue weighted by atomic mass is 32.1. The van der Waals surface area contributed by atoms with Crippen LogP contribution in [0, 0.1) is 4.77 Å². The fourth-order valence-electron chi connectivity index (χ4n) is 1.52. The Kier molecular flexibility index (Phi) is 2.38. The molecule has 0 aliphatic carbocycles. The average Bonchev–Trinajstić information content (AvgIpc) is 2.78. The molecule has 17 heavy (non-hydrogen) atoms. The van der Waals surface area contributed by atoms with Crippen molar-refractivity contribution in [2.75, 3.05) is 5.73 Å². The maximum absolute atomic E-state index is 5.65. The van der Waals surface area contributed by atoms with Crippen molar-refractivity contribution in [2.24, 2.45) is 0 Å². The molecule has 2 N–H and O–H groups in total. The Bertz CT molecular complexity index is 727. The number of hydrogen-bond acceptors (Lipinski definition) is 5. The molecule has 0 saturated carbocycles. The molecule has 0 radical (unpaired) electrons. The van der Waals surface area contributed by atoms with Crippen LogP contribution in [0.4, 0.5) is 5.69 Å². The molecule has 3 rings (SSSR count). The third-order valence-electron chi connectivity index (χ3n) is 2.37. The Balaban J connectivity index is 2.23. The summed E-state index contributed by atoms with van der Waals surface area (Å²) in [5.74, 6) is 0.637. The summed E-state index contributed by atoms with van der Waals surface area (Å²) in [7, 11) is 0. The summed E-state index contributed by atoms with van der Waals surface area (Å²) in [4.78, 5) is 9.61. The largest absolute Gasteiger partial charge is 0.399 e. The minimum atomic E-state index is 0.517. The Hall–Kier alpha value is -1.79. The summed E-state index contributed by atoms with van der Waals surface area (Å²) in [6, 6.07) is 7.44. The number of nitrogens with two attached hydrogens (primary N) is 1. The van der Waals surface area contributed by atoms with E-state index in [0.717, 1.165) is 16.2 Å². The van der Waals surface area contributed by atoms with Gasteiger partial charge in [-0.25, -0.2) is 4.98 Å². The van der Waals surface area contributed by atoms with Crippen LogP contribution in [-0.2, 0) is 0 Å². The molecular weight excluding hydrogens is 252 g/mol. The van der Waals surface area contributed by atoms with Gasteiger partial charge in [0.2, 0.25) is 4.77 Å². The van der Waals surface area contributed by atoms with Crippen LogP contribution in [0.5, 0.6) is 0 Å². The Morgan fingerprint density at radius 3 is 2.71 bits per heavy atom. The van der Waals surface area contributed by atoms with Crippen molar-refractivity contribution in [3.8, 4) is 11.4 Å². The maximum Gasteiger partial charge on any atom is 0.208 e. The topological polar surface area (TPSA) is 56.2 Å². The number of fused-ring (bicyclic) bond motifs is 1. The van der Waals surface area contributed by atoms with Crippen molar-refractivity contribution in [3.05, 3.63) is 40.6 Å². The number of nitrogens with zero attached hydrogens (tertiary/aromatic N) is 3. The molecule has 0 saturated heterocycles. The monoisotopic (exact) mass is 260 g/mol. The summed E-state index contributed by atoms with van der Waals surface area (Å²) in [5, 5.41) is 1.94. The van der Waals surface area contributed by atoms with E-state index >= 15 is 0 Å². The van der Waals surface area contributed by atoms with Crippen LogP contribution in [0.3, 0.4) is 0 Å². The minimum absolute atomic E-state index is 0.517. The lowest BCUT2D eigenvalue weighted by molar-refractivity contribution is 1.01. The SMILES string of the molecule is Nc1ccc(-c2nc(=S)n3ccsc3n2)cc1. The number of benzene rings is 1. The van der Waals surface area contributed by atoms with Crippen molar-refractivity contribution in [2.45, 2.75) is 0 Å². The molecule has 1 aromatic carbocycles. The van der Waals surface area contributed by atoms with E-state index in [9.17, 15) is 0 Å². The Morgan fingerprint density at radius 2 is 1.94 bits per heavy atom. The zero-order valence-electron chi connectivity index (χ0n) is 8.70. The van der Waals surface area contributed by atoms with E-state index < -0.39 is 0 Å². The normalized spacial score (nSPS) is 10.8.